The van der Waals surface area contributed by atoms with E-state index in [4.69, 9.17) is 0 Å². The van der Waals surface area contributed by atoms with Gasteiger partial charge in [0.1, 0.15) is 5.00 Å². The van der Waals surface area contributed by atoms with Crippen molar-refractivity contribution in [2.24, 2.45) is 5.92 Å². The number of likely N-dealkylation sites (N-methyl/N-ethyl adjacent to an activating group) is 1. The minimum atomic E-state index is -0.956. The monoisotopic (exact) mass is 372 g/mol. The average molecular weight is 372 g/mol. The molecule has 1 atom stereocenters. The number of aromatic carboxylic acids is 1. The standard InChI is InChI=1S/C20H24N2O3S/c1-3-22(14-7-5-4-6-8-14)12-17(23)21-19-18(20(24)25)15-10-9-13(2)11-16(15)26-19/h4-8,13H,3,9-12H2,1-2H3,(H,21,23)(H,24,25). The molecule has 5 nitrogen and oxygen atoms in total. The number of amides is 1. The number of carbonyl (C=O) groups is 2. The van der Waals surface area contributed by atoms with Crippen molar-refractivity contribution in [2.75, 3.05) is 23.3 Å². The minimum absolute atomic E-state index is 0.190. The van der Waals surface area contributed by atoms with Gasteiger partial charge < -0.3 is 15.3 Å². The zero-order chi connectivity index (χ0) is 18.7. The smallest absolute Gasteiger partial charge is 0.339 e. The third kappa shape index (κ3) is 3.90. The Morgan fingerprint density at radius 1 is 1.31 bits per heavy atom. The number of nitrogens with one attached hydrogen (secondary N) is 1. The molecule has 2 N–H and O–H groups in total. The maximum absolute atomic E-state index is 12.6. The van der Waals surface area contributed by atoms with Crippen LogP contribution in [0.4, 0.5) is 10.7 Å². The lowest BCUT2D eigenvalue weighted by molar-refractivity contribution is -0.114. The fraction of sp³-hybridized carbons (Fsp3) is 0.400. The first-order valence-electron chi connectivity index (χ1n) is 8.97. The molecule has 1 heterocycles. The second kappa shape index (κ2) is 7.91. The largest absolute Gasteiger partial charge is 0.478 e. The molecule has 0 fully saturated rings. The summed E-state index contributed by atoms with van der Waals surface area (Å²) in [7, 11) is 0. The van der Waals surface area contributed by atoms with Gasteiger partial charge in [0, 0.05) is 17.1 Å². The molecule has 1 aliphatic rings. The predicted molar refractivity (Wildman–Crippen MR) is 105 cm³/mol. The van der Waals surface area contributed by atoms with E-state index in [0.29, 0.717) is 17.5 Å². The summed E-state index contributed by atoms with van der Waals surface area (Å²) in [6.07, 6.45) is 2.66. The van der Waals surface area contributed by atoms with Crippen LogP contribution in [0.25, 0.3) is 0 Å². The van der Waals surface area contributed by atoms with Crippen molar-refractivity contribution in [1.29, 1.82) is 0 Å². The van der Waals surface area contributed by atoms with Crippen LogP contribution >= 0.6 is 11.3 Å². The van der Waals surface area contributed by atoms with Gasteiger partial charge in [-0.25, -0.2) is 4.79 Å². The van der Waals surface area contributed by atoms with E-state index < -0.39 is 5.97 Å². The summed E-state index contributed by atoms with van der Waals surface area (Å²) in [6.45, 7) is 5.06. The molecule has 1 aromatic carbocycles. The minimum Gasteiger partial charge on any atom is -0.478 e. The van der Waals surface area contributed by atoms with Crippen molar-refractivity contribution in [2.45, 2.75) is 33.1 Å². The molecule has 26 heavy (non-hydrogen) atoms. The molecule has 0 saturated carbocycles. The van der Waals surface area contributed by atoms with Gasteiger partial charge in [-0.15, -0.1) is 11.3 Å². The quantitative estimate of drug-likeness (QED) is 0.803. The molecule has 138 valence electrons. The summed E-state index contributed by atoms with van der Waals surface area (Å²) in [5.41, 5.74) is 2.17. The van der Waals surface area contributed by atoms with Gasteiger partial charge in [0.2, 0.25) is 5.91 Å². The van der Waals surface area contributed by atoms with E-state index in [1.165, 1.54) is 11.3 Å². The van der Waals surface area contributed by atoms with Crippen molar-refractivity contribution < 1.29 is 14.7 Å². The van der Waals surface area contributed by atoms with Crippen molar-refractivity contribution in [1.82, 2.24) is 0 Å². The molecule has 1 aromatic heterocycles. The number of rotatable bonds is 6. The average Bonchev–Trinajstić information content (AvgIpc) is 2.97. The topological polar surface area (TPSA) is 69.6 Å². The number of carboxylic acids is 1. The lowest BCUT2D eigenvalue weighted by Crippen LogP contribution is -2.33. The van der Waals surface area contributed by atoms with Gasteiger partial charge in [-0.2, -0.15) is 0 Å². The van der Waals surface area contributed by atoms with Crippen LogP contribution in [0.3, 0.4) is 0 Å². The van der Waals surface area contributed by atoms with E-state index in [1.807, 2.05) is 42.2 Å². The normalized spacial score (nSPS) is 16.0. The van der Waals surface area contributed by atoms with E-state index in [1.54, 1.807) is 0 Å². The summed E-state index contributed by atoms with van der Waals surface area (Å²) in [4.78, 5) is 27.4. The van der Waals surface area contributed by atoms with E-state index >= 15 is 0 Å². The maximum Gasteiger partial charge on any atom is 0.339 e. The van der Waals surface area contributed by atoms with Gasteiger partial charge in [-0.05, 0) is 49.8 Å². The Balaban J connectivity index is 1.78. The van der Waals surface area contributed by atoms with Crippen LogP contribution in [0.1, 0.15) is 41.1 Å². The molecule has 0 bridgehead atoms. The summed E-state index contributed by atoms with van der Waals surface area (Å²) in [6, 6.07) is 9.74. The lowest BCUT2D eigenvalue weighted by atomic mass is 9.88. The molecule has 0 radical (unpaired) electrons. The number of hydrogen-bond acceptors (Lipinski definition) is 4. The van der Waals surface area contributed by atoms with E-state index in [-0.39, 0.29) is 18.0 Å². The molecule has 0 spiro atoms. The zero-order valence-corrected chi connectivity index (χ0v) is 15.9. The fourth-order valence-corrected chi connectivity index (χ4v) is 4.85. The third-order valence-corrected chi connectivity index (χ3v) is 5.99. The number of benzene rings is 1. The second-order valence-corrected chi connectivity index (χ2v) is 7.86. The van der Waals surface area contributed by atoms with Crippen molar-refractivity contribution in [3.63, 3.8) is 0 Å². The number of anilines is 2. The number of para-hydroxylation sites is 1. The van der Waals surface area contributed by atoms with E-state index in [9.17, 15) is 14.7 Å². The van der Waals surface area contributed by atoms with Crippen molar-refractivity contribution >= 4 is 33.9 Å². The number of thiophene rings is 1. The van der Waals surface area contributed by atoms with Crippen molar-refractivity contribution in [3.05, 3.63) is 46.3 Å². The van der Waals surface area contributed by atoms with Gasteiger partial charge >= 0.3 is 5.97 Å². The lowest BCUT2D eigenvalue weighted by Gasteiger charge is -2.22. The van der Waals surface area contributed by atoms with Crippen LogP contribution in [-0.4, -0.2) is 30.1 Å². The summed E-state index contributed by atoms with van der Waals surface area (Å²) in [5, 5.41) is 13.0. The Bertz CT molecular complexity index is 801. The Morgan fingerprint density at radius 2 is 2.04 bits per heavy atom. The molecule has 2 aromatic rings. The third-order valence-electron chi connectivity index (χ3n) is 4.82. The molecule has 3 rings (SSSR count). The number of hydrogen-bond donors (Lipinski definition) is 2. The van der Waals surface area contributed by atoms with E-state index in [2.05, 4.69) is 12.2 Å². The Hall–Kier alpha value is -2.34. The highest BCUT2D eigenvalue weighted by atomic mass is 32.1. The Kier molecular flexibility index (Phi) is 5.61. The van der Waals surface area contributed by atoms with Crippen LogP contribution in [0.15, 0.2) is 30.3 Å². The number of fused-ring (bicyclic) bond motifs is 1. The number of carboxylic acid groups (broad SMARTS) is 1. The van der Waals surface area contributed by atoms with Crippen molar-refractivity contribution in [3.8, 4) is 0 Å². The highest BCUT2D eigenvalue weighted by Gasteiger charge is 2.28. The van der Waals surface area contributed by atoms with Crippen LogP contribution in [0.5, 0.6) is 0 Å². The van der Waals surface area contributed by atoms with Crippen LogP contribution in [0, 0.1) is 5.92 Å². The van der Waals surface area contributed by atoms with Gasteiger partial charge in [0.25, 0.3) is 0 Å². The van der Waals surface area contributed by atoms with Gasteiger partial charge in [0.05, 0.1) is 12.1 Å². The fourth-order valence-electron chi connectivity index (χ4n) is 3.43. The first-order chi connectivity index (χ1) is 12.5. The first kappa shape index (κ1) is 18.5. The van der Waals surface area contributed by atoms with E-state index in [0.717, 1.165) is 35.4 Å². The SMILES string of the molecule is CCN(CC(=O)Nc1sc2c(c1C(=O)O)CCC(C)C2)c1ccccc1. The summed E-state index contributed by atoms with van der Waals surface area (Å²) in [5.74, 6) is -0.590. The predicted octanol–water partition coefficient (Wildman–Crippen LogP) is 4.04. The zero-order valence-electron chi connectivity index (χ0n) is 15.1. The maximum atomic E-state index is 12.6. The summed E-state index contributed by atoms with van der Waals surface area (Å²) < 4.78 is 0. The van der Waals surface area contributed by atoms with Gasteiger partial charge in [0.15, 0.2) is 0 Å². The van der Waals surface area contributed by atoms with Crippen LogP contribution < -0.4 is 10.2 Å². The Morgan fingerprint density at radius 3 is 2.69 bits per heavy atom. The van der Waals surface area contributed by atoms with Crippen LogP contribution in [-0.2, 0) is 17.6 Å². The van der Waals surface area contributed by atoms with Gasteiger partial charge in [-0.1, -0.05) is 25.1 Å². The highest BCUT2D eigenvalue weighted by molar-refractivity contribution is 7.17. The number of nitrogens with zero attached hydrogens (tertiary/aromatic N) is 1. The molecular formula is C20H24N2O3S. The molecule has 0 aliphatic heterocycles. The highest BCUT2D eigenvalue weighted by Crippen LogP contribution is 2.39. The second-order valence-electron chi connectivity index (χ2n) is 6.76. The Labute approximate surface area is 157 Å². The first-order valence-corrected chi connectivity index (χ1v) is 9.78. The number of carbonyl (C=O) groups excluding carboxylic acids is 1. The van der Waals surface area contributed by atoms with Gasteiger partial charge in [-0.3, -0.25) is 4.79 Å². The molecular weight excluding hydrogens is 348 g/mol. The molecule has 6 heteroatoms. The summed E-state index contributed by atoms with van der Waals surface area (Å²) >= 11 is 1.42. The molecule has 1 aliphatic carbocycles. The molecule has 1 amide bonds. The molecule has 0 saturated heterocycles. The van der Waals surface area contributed by atoms with Crippen LogP contribution in [0.2, 0.25) is 0 Å². The molecule has 1 unspecified atom stereocenters.